The Morgan fingerprint density at radius 2 is 2.14 bits per heavy atom. The normalized spacial score (nSPS) is 10.2. The van der Waals surface area contributed by atoms with E-state index >= 15 is 0 Å². The molecule has 2 rings (SSSR count). The van der Waals surface area contributed by atoms with E-state index in [-0.39, 0.29) is 50.6 Å². The van der Waals surface area contributed by atoms with Gasteiger partial charge in [0.2, 0.25) is 5.56 Å². The van der Waals surface area contributed by atoms with Crippen molar-refractivity contribution in [1.82, 2.24) is 4.57 Å². The molecule has 0 saturated heterocycles. The molecule has 1 aromatic heterocycles. The summed E-state index contributed by atoms with van der Waals surface area (Å²) in [6.45, 7) is 2.24. The molecule has 0 aliphatic rings. The molecule has 0 aliphatic carbocycles. The number of pyridine rings is 1. The minimum Gasteiger partial charge on any atom is -0.480 e. The summed E-state index contributed by atoms with van der Waals surface area (Å²) < 4.78 is 26.5. The van der Waals surface area contributed by atoms with Gasteiger partial charge in [-0.25, -0.2) is 4.39 Å². The van der Waals surface area contributed by atoms with Crippen molar-refractivity contribution >= 4 is 22.6 Å². The quantitative estimate of drug-likeness (QED) is 0.367. The number of methoxy groups -OCH3 is 1. The molecule has 0 unspecified atom stereocenters. The van der Waals surface area contributed by atoms with E-state index < -0.39 is 5.82 Å². The maximum absolute atomic E-state index is 14.3. The van der Waals surface area contributed by atoms with Crippen LogP contribution in [0.5, 0.6) is 5.75 Å². The van der Waals surface area contributed by atoms with Gasteiger partial charge in [-0.15, -0.1) is 22.6 Å². The van der Waals surface area contributed by atoms with Crippen LogP contribution < -0.4 is 10.3 Å². The first-order chi connectivity index (χ1) is 10.1. The number of nitrogens with zero attached hydrogens (tertiary/aromatic N) is 1. The molecule has 115 valence electrons. The number of ether oxygens (including phenoxy) is 2. The van der Waals surface area contributed by atoms with Crippen LogP contribution in [0.25, 0.3) is 11.3 Å². The molecular weight excluding hydrogens is 477 g/mol. The maximum Gasteiger partial charge on any atom is 0.207 e. The molecule has 1 heterocycles. The molecule has 0 spiro atoms. The van der Waals surface area contributed by atoms with Gasteiger partial charge in [0.1, 0.15) is 0 Å². The summed E-state index contributed by atoms with van der Waals surface area (Å²) in [7, 11) is 1.48. The molecule has 0 bridgehead atoms. The van der Waals surface area contributed by atoms with E-state index in [1.165, 1.54) is 17.7 Å². The fourth-order valence-corrected chi connectivity index (χ4v) is 2.43. The van der Waals surface area contributed by atoms with Crippen molar-refractivity contribution in [2.45, 2.75) is 13.5 Å². The van der Waals surface area contributed by atoms with Crippen LogP contribution in [0.2, 0.25) is 0 Å². The summed E-state index contributed by atoms with van der Waals surface area (Å²) in [5.74, 6) is -0.154. The van der Waals surface area contributed by atoms with Crippen LogP contribution in [-0.2, 0) is 44.0 Å². The zero-order chi connectivity index (χ0) is 15.4. The molecule has 4 nitrogen and oxygen atoms in total. The first kappa shape index (κ1) is 19.7. The number of rotatable bonds is 5. The van der Waals surface area contributed by atoms with Crippen molar-refractivity contribution < 1.29 is 46.6 Å². The summed E-state index contributed by atoms with van der Waals surface area (Å²) >= 11 is 1.94. The second kappa shape index (κ2) is 9.10. The fourth-order valence-electron chi connectivity index (χ4n) is 1.99. The summed E-state index contributed by atoms with van der Waals surface area (Å²) in [6.07, 6.45) is 0. The van der Waals surface area contributed by atoms with Crippen LogP contribution >= 0.6 is 22.6 Å². The minimum absolute atomic E-state index is 0. The van der Waals surface area contributed by atoms with Gasteiger partial charge in [0.25, 0.3) is 0 Å². The topological polar surface area (TPSA) is 40.5 Å². The number of halogens is 2. The van der Waals surface area contributed by atoms with Crippen molar-refractivity contribution in [2.75, 3.05) is 13.9 Å². The standard InChI is InChI=1S/C15H14FINO3.Y/c1-3-18-12(8-7-11(17)15(18)19)14-10(16)5-4-6-13(14)21-9-20-2;/h4-7H,3,9H2,1-2H3;/q-1;. The van der Waals surface area contributed by atoms with E-state index in [0.29, 0.717) is 21.6 Å². The molecule has 1 radical (unpaired) electrons. The third-order valence-electron chi connectivity index (χ3n) is 2.92. The third-order valence-corrected chi connectivity index (χ3v) is 3.69. The molecule has 1 aromatic carbocycles. The van der Waals surface area contributed by atoms with E-state index in [0.717, 1.165) is 0 Å². The number of aromatic nitrogens is 1. The van der Waals surface area contributed by atoms with Crippen LogP contribution in [-0.4, -0.2) is 18.5 Å². The first-order valence-corrected chi connectivity index (χ1v) is 7.39. The van der Waals surface area contributed by atoms with Crippen LogP contribution in [0.4, 0.5) is 4.39 Å². The van der Waals surface area contributed by atoms with Gasteiger partial charge in [-0.2, -0.15) is 12.1 Å². The third kappa shape index (κ3) is 4.16. The molecule has 0 atom stereocenters. The van der Waals surface area contributed by atoms with E-state index in [9.17, 15) is 9.18 Å². The van der Waals surface area contributed by atoms with Gasteiger partial charge in [0.15, 0.2) is 6.79 Å². The van der Waals surface area contributed by atoms with Crippen molar-refractivity contribution in [3.05, 3.63) is 50.1 Å². The molecule has 0 saturated carbocycles. The van der Waals surface area contributed by atoms with Gasteiger partial charge in [0, 0.05) is 46.4 Å². The van der Waals surface area contributed by atoms with Crippen LogP contribution in [0.15, 0.2) is 29.1 Å². The molecule has 0 N–H and O–H groups in total. The van der Waals surface area contributed by atoms with Gasteiger partial charge < -0.3 is 14.0 Å². The largest absolute Gasteiger partial charge is 0.480 e. The molecule has 0 amide bonds. The van der Waals surface area contributed by atoms with Crippen LogP contribution in [0, 0.1) is 15.5 Å². The van der Waals surface area contributed by atoms with Gasteiger partial charge in [-0.05, 0) is 28.2 Å². The van der Waals surface area contributed by atoms with Gasteiger partial charge in [0.05, 0.1) is 11.6 Å². The molecule has 7 heteroatoms. The summed E-state index contributed by atoms with van der Waals surface area (Å²) in [6, 6.07) is 9.02. The van der Waals surface area contributed by atoms with E-state index in [2.05, 4.69) is 6.07 Å². The average Bonchev–Trinajstić information content (AvgIpc) is 2.48. The minimum atomic E-state index is -0.470. The van der Waals surface area contributed by atoms with Crippen LogP contribution in [0.3, 0.4) is 0 Å². The molecule has 0 fully saturated rings. The first-order valence-electron chi connectivity index (χ1n) is 6.31. The Morgan fingerprint density at radius 1 is 1.41 bits per heavy atom. The van der Waals surface area contributed by atoms with E-state index in [1.807, 2.05) is 29.5 Å². The fraction of sp³-hybridized carbons (Fsp3) is 0.267. The Bertz CT molecular complexity index is 706. The van der Waals surface area contributed by atoms with Gasteiger partial charge >= 0.3 is 0 Å². The molecule has 2 aromatic rings. The second-order valence-corrected chi connectivity index (χ2v) is 5.36. The number of hydrogen-bond acceptors (Lipinski definition) is 3. The second-order valence-electron chi connectivity index (χ2n) is 4.20. The summed E-state index contributed by atoms with van der Waals surface area (Å²) in [5.41, 5.74) is 0.407. The van der Waals surface area contributed by atoms with E-state index in [4.69, 9.17) is 9.47 Å². The molecule has 0 aliphatic heterocycles. The molecule has 22 heavy (non-hydrogen) atoms. The number of benzene rings is 1. The zero-order valence-electron chi connectivity index (χ0n) is 12.2. The van der Waals surface area contributed by atoms with Gasteiger partial charge in [-0.1, -0.05) is 11.8 Å². The number of hydrogen-bond donors (Lipinski definition) is 0. The SMILES string of the molecule is CCn1c(-c2c(F)cccc2OCOC)[c-]cc(I)c1=O.[Y]. The van der Waals surface area contributed by atoms with Crippen LogP contribution in [0.1, 0.15) is 6.92 Å². The monoisotopic (exact) mass is 491 g/mol. The van der Waals surface area contributed by atoms with E-state index in [1.54, 1.807) is 18.2 Å². The zero-order valence-corrected chi connectivity index (χ0v) is 17.2. The Kier molecular flexibility index (Phi) is 8.17. The summed E-state index contributed by atoms with van der Waals surface area (Å²) in [5, 5.41) is 0. The van der Waals surface area contributed by atoms with Crippen molar-refractivity contribution in [1.29, 1.82) is 0 Å². The Balaban J connectivity index is 0.00000242. The Morgan fingerprint density at radius 3 is 2.77 bits per heavy atom. The van der Waals surface area contributed by atoms with Crippen molar-refractivity contribution in [3.8, 4) is 17.0 Å². The van der Waals surface area contributed by atoms with Crippen molar-refractivity contribution in [2.24, 2.45) is 0 Å². The summed E-state index contributed by atoms with van der Waals surface area (Å²) in [4.78, 5) is 12.2. The van der Waals surface area contributed by atoms with Gasteiger partial charge in [-0.3, -0.25) is 4.79 Å². The Labute approximate surface area is 167 Å². The van der Waals surface area contributed by atoms with Crippen molar-refractivity contribution in [3.63, 3.8) is 0 Å². The maximum atomic E-state index is 14.3. The smallest absolute Gasteiger partial charge is 0.207 e. The predicted octanol–water partition coefficient (Wildman–Crippen LogP) is 3.06. The predicted molar refractivity (Wildman–Crippen MR) is 85.8 cm³/mol. The average molecular weight is 491 g/mol. The Hall–Kier alpha value is -0.306. The molecular formula is C15H14FINO3Y-.